The fourth-order valence-corrected chi connectivity index (χ4v) is 4.64. The third kappa shape index (κ3) is 3.51. The molecule has 1 amide bonds. The zero-order chi connectivity index (χ0) is 22.2. The number of fused-ring (bicyclic) bond motifs is 2. The lowest BCUT2D eigenvalue weighted by Crippen LogP contribution is -2.31. The maximum absolute atomic E-state index is 13.5. The van der Waals surface area contributed by atoms with Gasteiger partial charge in [-0.15, -0.1) is 0 Å². The van der Waals surface area contributed by atoms with Crippen molar-refractivity contribution in [3.8, 4) is 11.4 Å². The lowest BCUT2D eigenvalue weighted by molar-refractivity contribution is 0.0934. The van der Waals surface area contributed by atoms with Crippen molar-refractivity contribution in [1.82, 2.24) is 20.1 Å². The molecule has 0 aliphatic heterocycles. The van der Waals surface area contributed by atoms with E-state index in [2.05, 4.69) is 23.5 Å². The van der Waals surface area contributed by atoms with E-state index < -0.39 is 0 Å². The van der Waals surface area contributed by atoms with Crippen LogP contribution >= 0.6 is 0 Å². The highest BCUT2D eigenvalue weighted by molar-refractivity contribution is 6.07. The summed E-state index contributed by atoms with van der Waals surface area (Å²) >= 11 is 0. The van der Waals surface area contributed by atoms with E-state index in [0.717, 1.165) is 47.5 Å². The van der Waals surface area contributed by atoms with Gasteiger partial charge in [0.25, 0.3) is 5.91 Å². The minimum atomic E-state index is -0.0837. The molecule has 0 spiro atoms. The molecule has 1 N–H and O–H groups in total. The first-order chi connectivity index (χ1) is 15.5. The molecule has 2 heterocycles. The molecule has 2 aromatic heterocycles. The second-order valence-corrected chi connectivity index (χ2v) is 8.32. The Morgan fingerprint density at radius 3 is 2.69 bits per heavy atom. The number of nitrogens with one attached hydrogen (secondary N) is 1. The summed E-state index contributed by atoms with van der Waals surface area (Å²) in [7, 11) is 1.64. The largest absolute Gasteiger partial charge is 0.497 e. The van der Waals surface area contributed by atoms with Gasteiger partial charge in [0.2, 0.25) is 0 Å². The van der Waals surface area contributed by atoms with Crippen molar-refractivity contribution in [2.45, 2.75) is 39.2 Å². The molecule has 0 saturated carbocycles. The third-order valence-electron chi connectivity index (χ3n) is 6.18. The predicted molar refractivity (Wildman–Crippen MR) is 124 cm³/mol. The number of hydrogen-bond donors (Lipinski definition) is 1. The summed E-state index contributed by atoms with van der Waals surface area (Å²) in [6.45, 7) is 3.83. The van der Waals surface area contributed by atoms with Crippen LogP contribution in [0, 0.1) is 13.8 Å². The summed E-state index contributed by atoms with van der Waals surface area (Å²) in [5, 5.41) is 8.78. The Hall–Kier alpha value is -3.67. The Morgan fingerprint density at radius 1 is 1.12 bits per heavy atom. The molecule has 1 aliphatic rings. The molecule has 2 aromatic carbocycles. The highest BCUT2D eigenvalue weighted by atomic mass is 16.5. The van der Waals surface area contributed by atoms with Crippen LogP contribution in [0.25, 0.3) is 16.7 Å². The summed E-state index contributed by atoms with van der Waals surface area (Å²) in [4.78, 5) is 18.2. The number of carbonyl (C=O) groups excluding carboxylic acids is 1. The van der Waals surface area contributed by atoms with Crippen LogP contribution in [-0.2, 0) is 6.42 Å². The summed E-state index contributed by atoms with van der Waals surface area (Å²) in [6, 6.07) is 17.9. The van der Waals surface area contributed by atoms with E-state index in [1.54, 1.807) is 11.8 Å². The van der Waals surface area contributed by atoms with Crippen LogP contribution in [0.15, 0.2) is 54.6 Å². The fourth-order valence-electron chi connectivity index (χ4n) is 4.64. The molecular weight excluding hydrogens is 400 g/mol. The first kappa shape index (κ1) is 20.2. The van der Waals surface area contributed by atoms with Gasteiger partial charge in [-0.2, -0.15) is 5.10 Å². The van der Waals surface area contributed by atoms with Crippen molar-refractivity contribution in [2.24, 2.45) is 0 Å². The van der Waals surface area contributed by atoms with Gasteiger partial charge < -0.3 is 10.1 Å². The van der Waals surface area contributed by atoms with E-state index in [-0.39, 0.29) is 11.9 Å². The SMILES string of the molecule is COc1ccc(-n2nc(C)c3c(C(=O)N[C@H]4CCCc5ccccc54)cc(C)nc32)cc1. The van der Waals surface area contributed by atoms with Crippen LogP contribution < -0.4 is 10.1 Å². The molecule has 0 bridgehead atoms. The lowest BCUT2D eigenvalue weighted by atomic mass is 9.87. The van der Waals surface area contributed by atoms with Crippen molar-refractivity contribution in [3.63, 3.8) is 0 Å². The molecule has 0 radical (unpaired) electrons. The monoisotopic (exact) mass is 426 g/mol. The van der Waals surface area contributed by atoms with E-state index in [4.69, 9.17) is 14.8 Å². The average molecular weight is 427 g/mol. The molecule has 1 atom stereocenters. The second kappa shape index (κ2) is 8.11. The molecule has 4 aromatic rings. The van der Waals surface area contributed by atoms with E-state index in [0.29, 0.717) is 11.2 Å². The van der Waals surface area contributed by atoms with E-state index in [1.165, 1.54) is 11.1 Å². The Bertz CT molecular complexity index is 1310. The molecule has 0 saturated heterocycles. The van der Waals surface area contributed by atoms with Crippen LogP contribution in [0.5, 0.6) is 5.75 Å². The summed E-state index contributed by atoms with van der Waals surface area (Å²) in [6.07, 6.45) is 3.08. The first-order valence-electron chi connectivity index (χ1n) is 10.9. The number of aromatic nitrogens is 3. The van der Waals surface area contributed by atoms with Crippen molar-refractivity contribution >= 4 is 16.9 Å². The highest BCUT2D eigenvalue weighted by Gasteiger charge is 2.25. The quantitative estimate of drug-likeness (QED) is 0.506. The lowest BCUT2D eigenvalue weighted by Gasteiger charge is -2.26. The minimum absolute atomic E-state index is 0.0212. The summed E-state index contributed by atoms with van der Waals surface area (Å²) in [5.74, 6) is 0.693. The molecule has 6 nitrogen and oxygen atoms in total. The molecule has 162 valence electrons. The Labute approximate surface area is 187 Å². The van der Waals surface area contributed by atoms with Gasteiger partial charge in [0.1, 0.15) is 5.75 Å². The van der Waals surface area contributed by atoms with Gasteiger partial charge in [0, 0.05) is 5.69 Å². The van der Waals surface area contributed by atoms with Crippen LogP contribution in [0.4, 0.5) is 0 Å². The van der Waals surface area contributed by atoms with Crippen molar-refractivity contribution in [2.75, 3.05) is 7.11 Å². The molecule has 1 aliphatic carbocycles. The Morgan fingerprint density at radius 2 is 1.91 bits per heavy atom. The number of aryl methyl sites for hydroxylation is 3. The zero-order valence-corrected chi connectivity index (χ0v) is 18.6. The van der Waals surface area contributed by atoms with Crippen LogP contribution in [0.1, 0.15) is 51.8 Å². The predicted octanol–water partition coefficient (Wildman–Crippen LogP) is 4.85. The molecule has 32 heavy (non-hydrogen) atoms. The summed E-state index contributed by atoms with van der Waals surface area (Å²) < 4.78 is 7.06. The van der Waals surface area contributed by atoms with Gasteiger partial charge in [0.05, 0.1) is 35.5 Å². The zero-order valence-electron chi connectivity index (χ0n) is 18.6. The summed E-state index contributed by atoms with van der Waals surface area (Å²) in [5.41, 5.74) is 6.27. The molecule has 0 fully saturated rings. The van der Waals surface area contributed by atoms with Crippen LogP contribution in [0.2, 0.25) is 0 Å². The van der Waals surface area contributed by atoms with Gasteiger partial charge in [-0.1, -0.05) is 24.3 Å². The number of carbonyl (C=O) groups is 1. The second-order valence-electron chi connectivity index (χ2n) is 8.32. The van der Waals surface area contributed by atoms with E-state index in [9.17, 15) is 4.79 Å². The van der Waals surface area contributed by atoms with Gasteiger partial charge in [-0.3, -0.25) is 4.79 Å². The third-order valence-corrected chi connectivity index (χ3v) is 6.18. The van der Waals surface area contributed by atoms with Gasteiger partial charge in [-0.25, -0.2) is 9.67 Å². The first-order valence-corrected chi connectivity index (χ1v) is 10.9. The van der Waals surface area contributed by atoms with Gasteiger partial charge in [0.15, 0.2) is 5.65 Å². The number of methoxy groups -OCH3 is 1. The number of nitrogens with zero attached hydrogens (tertiary/aromatic N) is 3. The molecule has 0 unspecified atom stereocenters. The maximum atomic E-state index is 13.5. The van der Waals surface area contributed by atoms with E-state index >= 15 is 0 Å². The fraction of sp³-hybridized carbons (Fsp3) is 0.269. The van der Waals surface area contributed by atoms with E-state index in [1.807, 2.05) is 50.2 Å². The minimum Gasteiger partial charge on any atom is -0.497 e. The van der Waals surface area contributed by atoms with Crippen molar-refractivity contribution in [3.05, 3.63) is 82.7 Å². The Balaban J connectivity index is 1.55. The standard InChI is InChI=1S/C26H26N4O2/c1-16-15-22(26(31)28-23-10-6-8-18-7-4-5-9-21(18)23)24-17(2)29-30(25(24)27-16)19-11-13-20(32-3)14-12-19/h4-5,7,9,11-15,23H,6,8,10H2,1-3H3,(H,28,31)/t23-/m0/s1. The highest BCUT2D eigenvalue weighted by Crippen LogP contribution is 2.31. The van der Waals surface area contributed by atoms with Gasteiger partial charge in [-0.05, 0) is 74.6 Å². The van der Waals surface area contributed by atoms with Crippen LogP contribution in [-0.4, -0.2) is 27.8 Å². The smallest absolute Gasteiger partial charge is 0.252 e. The maximum Gasteiger partial charge on any atom is 0.252 e. The average Bonchev–Trinajstić information content (AvgIpc) is 3.14. The number of ether oxygens (including phenoxy) is 1. The topological polar surface area (TPSA) is 69.0 Å². The number of hydrogen-bond acceptors (Lipinski definition) is 4. The molecular formula is C26H26N4O2. The number of rotatable bonds is 4. The number of amides is 1. The van der Waals surface area contributed by atoms with Crippen molar-refractivity contribution < 1.29 is 9.53 Å². The van der Waals surface area contributed by atoms with Gasteiger partial charge >= 0.3 is 0 Å². The molecule has 5 rings (SSSR count). The number of benzene rings is 2. The van der Waals surface area contributed by atoms with Crippen molar-refractivity contribution in [1.29, 1.82) is 0 Å². The molecule has 6 heteroatoms. The Kier molecular flexibility index (Phi) is 5.13. The number of pyridine rings is 1. The van der Waals surface area contributed by atoms with Crippen LogP contribution in [0.3, 0.4) is 0 Å². The normalized spacial score (nSPS) is 15.4.